The summed E-state index contributed by atoms with van der Waals surface area (Å²) in [4.78, 5) is 16.5. The van der Waals surface area contributed by atoms with Crippen molar-refractivity contribution in [2.45, 2.75) is 39.7 Å². The zero-order valence-corrected chi connectivity index (χ0v) is 26.7. The normalized spacial score (nSPS) is 15.3. The number of piperidine rings is 1. The molecule has 1 heterocycles. The summed E-state index contributed by atoms with van der Waals surface area (Å²) in [7, 11) is -3.33. The minimum Gasteiger partial charge on any atom is -0.445 e. The van der Waals surface area contributed by atoms with Crippen LogP contribution in [-0.2, 0) is 27.8 Å². The molecular formula is C32H39IN2O4S. The summed E-state index contributed by atoms with van der Waals surface area (Å²) in [5.41, 5.74) is 6.19. The first-order chi connectivity index (χ1) is 19.3. The summed E-state index contributed by atoms with van der Waals surface area (Å²) in [6, 6.07) is 25.7. The lowest BCUT2D eigenvalue weighted by atomic mass is 9.67. The van der Waals surface area contributed by atoms with Crippen LogP contribution in [-0.4, -0.2) is 43.7 Å². The average molecular weight is 675 g/mol. The van der Waals surface area contributed by atoms with Gasteiger partial charge in [0.15, 0.2) is 0 Å². The molecule has 0 unspecified atom stereocenters. The molecule has 8 heteroatoms. The highest BCUT2D eigenvalue weighted by Gasteiger charge is 2.38. The Bertz CT molecular complexity index is 1380. The van der Waals surface area contributed by atoms with E-state index in [0.29, 0.717) is 18.8 Å². The number of hydrogen-bond acceptors (Lipinski definition) is 4. The molecule has 40 heavy (non-hydrogen) atoms. The number of benzene rings is 3. The SMILES string of the molecule is CC.CI.CS(=O)(=O)Nc1ccc(C2=CC3(CCN(C(=O)OCc4ccccc4)CC3)Cc3ccccc32)cc1. The first-order valence-corrected chi connectivity index (χ1v) is 17.6. The maximum absolute atomic E-state index is 12.7. The third kappa shape index (κ3) is 8.33. The highest BCUT2D eigenvalue weighted by atomic mass is 127. The van der Waals surface area contributed by atoms with Gasteiger partial charge in [0.2, 0.25) is 10.0 Å². The number of carbonyl (C=O) groups is 1. The molecule has 1 spiro atoms. The largest absolute Gasteiger partial charge is 0.445 e. The average Bonchev–Trinajstić information content (AvgIpc) is 2.98. The zero-order chi connectivity index (χ0) is 29.2. The molecule has 1 N–H and O–H groups in total. The number of ether oxygens (including phenoxy) is 1. The second kappa shape index (κ2) is 14.7. The number of halogens is 1. The Balaban J connectivity index is 0.00000106. The summed E-state index contributed by atoms with van der Waals surface area (Å²) in [5, 5.41) is 0. The monoisotopic (exact) mass is 674 g/mol. The molecule has 1 amide bonds. The maximum atomic E-state index is 12.7. The number of likely N-dealkylation sites (tertiary alicyclic amines) is 1. The van der Waals surface area contributed by atoms with Crippen LogP contribution in [0.4, 0.5) is 10.5 Å². The van der Waals surface area contributed by atoms with Crippen LogP contribution in [0, 0.1) is 5.41 Å². The van der Waals surface area contributed by atoms with Crippen LogP contribution in [0.1, 0.15) is 48.9 Å². The number of hydrogen-bond donors (Lipinski definition) is 1. The van der Waals surface area contributed by atoms with Crippen LogP contribution in [0.3, 0.4) is 0 Å². The Labute approximate surface area is 253 Å². The van der Waals surface area contributed by atoms with Crippen molar-refractivity contribution in [3.05, 3.63) is 107 Å². The number of carbonyl (C=O) groups excluding carboxylic acids is 1. The van der Waals surface area contributed by atoms with Gasteiger partial charge in [-0.25, -0.2) is 13.2 Å². The Kier molecular flexibility index (Phi) is 11.6. The van der Waals surface area contributed by atoms with Crippen molar-refractivity contribution in [3.63, 3.8) is 0 Å². The molecule has 1 aliphatic carbocycles. The minimum atomic E-state index is -3.33. The highest BCUT2D eigenvalue weighted by Crippen LogP contribution is 2.45. The van der Waals surface area contributed by atoms with Crippen molar-refractivity contribution < 1.29 is 17.9 Å². The van der Waals surface area contributed by atoms with E-state index in [4.69, 9.17) is 4.74 Å². The molecule has 0 aromatic heterocycles. The summed E-state index contributed by atoms with van der Waals surface area (Å²) in [5.74, 6) is 0. The van der Waals surface area contributed by atoms with Gasteiger partial charge in [0.1, 0.15) is 6.61 Å². The van der Waals surface area contributed by atoms with E-state index in [1.54, 1.807) is 12.1 Å². The lowest BCUT2D eigenvalue weighted by Gasteiger charge is -2.43. The van der Waals surface area contributed by atoms with Crippen molar-refractivity contribution in [2.24, 2.45) is 5.41 Å². The van der Waals surface area contributed by atoms with Gasteiger partial charge in [0, 0.05) is 18.8 Å². The lowest BCUT2D eigenvalue weighted by Crippen LogP contribution is -2.44. The number of anilines is 1. The predicted octanol–water partition coefficient (Wildman–Crippen LogP) is 7.54. The van der Waals surface area contributed by atoms with Crippen LogP contribution < -0.4 is 4.72 Å². The molecule has 1 fully saturated rings. The Morgan fingerprint density at radius 3 is 2.15 bits per heavy atom. The van der Waals surface area contributed by atoms with Crippen LogP contribution in [0.2, 0.25) is 0 Å². The van der Waals surface area contributed by atoms with E-state index in [2.05, 4.69) is 57.7 Å². The Morgan fingerprint density at radius 2 is 1.52 bits per heavy atom. The molecule has 0 atom stereocenters. The van der Waals surface area contributed by atoms with Gasteiger partial charge >= 0.3 is 6.09 Å². The number of allylic oxidation sites excluding steroid dienone is 1. The van der Waals surface area contributed by atoms with Crippen molar-refractivity contribution in [2.75, 3.05) is 29.0 Å². The van der Waals surface area contributed by atoms with E-state index in [-0.39, 0.29) is 18.1 Å². The van der Waals surface area contributed by atoms with Gasteiger partial charge in [-0.3, -0.25) is 4.72 Å². The number of alkyl halides is 1. The quantitative estimate of drug-likeness (QED) is 0.224. The van der Waals surface area contributed by atoms with Crippen molar-refractivity contribution >= 4 is 50.0 Å². The molecule has 6 nitrogen and oxygen atoms in total. The lowest BCUT2D eigenvalue weighted by molar-refractivity contribution is 0.0722. The van der Waals surface area contributed by atoms with Gasteiger partial charge in [0.25, 0.3) is 0 Å². The van der Waals surface area contributed by atoms with Crippen LogP contribution in [0.5, 0.6) is 0 Å². The molecule has 214 valence electrons. The summed E-state index contributed by atoms with van der Waals surface area (Å²) in [6.07, 6.45) is 5.92. The molecule has 5 rings (SSSR count). The van der Waals surface area contributed by atoms with Crippen LogP contribution in [0.15, 0.2) is 84.9 Å². The fraction of sp³-hybridized carbons (Fsp3) is 0.344. The molecule has 0 saturated carbocycles. The summed E-state index contributed by atoms with van der Waals surface area (Å²) in [6.45, 7) is 5.58. The van der Waals surface area contributed by atoms with Gasteiger partial charge in [-0.1, -0.05) is 109 Å². The summed E-state index contributed by atoms with van der Waals surface area (Å²) < 4.78 is 31.2. The van der Waals surface area contributed by atoms with Gasteiger partial charge < -0.3 is 9.64 Å². The second-order valence-corrected chi connectivity index (χ2v) is 11.5. The summed E-state index contributed by atoms with van der Waals surface area (Å²) >= 11 is 2.15. The number of fused-ring (bicyclic) bond motifs is 1. The molecule has 3 aromatic carbocycles. The standard InChI is InChI=1S/C29H30N2O4S.C2H6.CH3I/c1-36(33,34)30-25-13-11-23(12-14-25)27-20-29(19-24-9-5-6-10-26(24)27)15-17-31(18-16-29)28(32)35-21-22-7-3-2-4-8-22;2*1-2/h2-14,20,30H,15-19,21H2,1H3;1-2H3;1H3. The van der Waals surface area contributed by atoms with E-state index < -0.39 is 10.0 Å². The fourth-order valence-corrected chi connectivity index (χ4v) is 5.75. The number of amides is 1. The molecule has 0 radical (unpaired) electrons. The van der Waals surface area contributed by atoms with E-state index in [1.165, 1.54) is 11.1 Å². The van der Waals surface area contributed by atoms with E-state index in [9.17, 15) is 13.2 Å². The van der Waals surface area contributed by atoms with Gasteiger partial charge in [-0.2, -0.15) is 0 Å². The minimum absolute atomic E-state index is 0.0381. The predicted molar refractivity (Wildman–Crippen MR) is 173 cm³/mol. The fourth-order valence-electron chi connectivity index (χ4n) is 5.19. The van der Waals surface area contributed by atoms with E-state index in [1.807, 2.05) is 66.1 Å². The van der Waals surface area contributed by atoms with Gasteiger partial charge in [-0.15, -0.1) is 0 Å². The highest BCUT2D eigenvalue weighted by molar-refractivity contribution is 14.1. The molecule has 0 bridgehead atoms. The van der Waals surface area contributed by atoms with Crippen molar-refractivity contribution in [1.29, 1.82) is 0 Å². The van der Waals surface area contributed by atoms with E-state index >= 15 is 0 Å². The first-order valence-electron chi connectivity index (χ1n) is 13.5. The number of nitrogens with one attached hydrogen (secondary N) is 1. The second-order valence-electron chi connectivity index (χ2n) is 9.73. The van der Waals surface area contributed by atoms with Crippen LogP contribution >= 0.6 is 22.6 Å². The Hall–Kier alpha value is -2.85. The number of rotatable bonds is 5. The molecule has 2 aliphatic rings. The van der Waals surface area contributed by atoms with Gasteiger partial charge in [0.05, 0.1) is 6.26 Å². The number of sulfonamides is 1. The van der Waals surface area contributed by atoms with Crippen LogP contribution in [0.25, 0.3) is 5.57 Å². The maximum Gasteiger partial charge on any atom is 0.410 e. The molecular weight excluding hydrogens is 635 g/mol. The topological polar surface area (TPSA) is 75.7 Å². The smallest absolute Gasteiger partial charge is 0.410 e. The molecule has 1 aliphatic heterocycles. The zero-order valence-electron chi connectivity index (χ0n) is 23.7. The third-order valence-corrected chi connectivity index (χ3v) is 7.63. The first kappa shape index (κ1) is 31.7. The van der Waals surface area contributed by atoms with Crippen molar-refractivity contribution in [3.8, 4) is 0 Å². The van der Waals surface area contributed by atoms with Gasteiger partial charge in [-0.05, 0) is 69.6 Å². The Morgan fingerprint density at radius 1 is 0.925 bits per heavy atom. The van der Waals surface area contributed by atoms with E-state index in [0.717, 1.165) is 42.2 Å². The molecule has 3 aromatic rings. The molecule has 1 saturated heterocycles. The third-order valence-electron chi connectivity index (χ3n) is 7.02. The number of nitrogens with zero attached hydrogens (tertiary/aromatic N) is 1. The van der Waals surface area contributed by atoms with Crippen molar-refractivity contribution in [1.82, 2.24) is 4.90 Å².